The van der Waals surface area contributed by atoms with Crippen molar-refractivity contribution in [3.8, 4) is 0 Å². The Bertz CT molecular complexity index is 501. The molecule has 2 N–H and O–H groups in total. The largest absolute Gasteiger partial charge is 0.393 e. The van der Waals surface area contributed by atoms with Gasteiger partial charge in [-0.15, -0.1) is 0 Å². The van der Waals surface area contributed by atoms with Crippen molar-refractivity contribution < 1.29 is 18.1 Å². The maximum Gasteiger partial charge on any atom is 0.294 e. The molecule has 0 atom stereocenters. The first kappa shape index (κ1) is 11.6. The molecule has 16 heavy (non-hydrogen) atoms. The van der Waals surface area contributed by atoms with E-state index in [-0.39, 0.29) is 16.9 Å². The lowest BCUT2D eigenvalue weighted by atomic mass is 9.77. The topological polar surface area (TPSA) is 74.6 Å². The van der Waals surface area contributed by atoms with Crippen LogP contribution in [0.4, 0.5) is 0 Å². The van der Waals surface area contributed by atoms with E-state index in [4.69, 9.17) is 4.55 Å². The molecule has 1 aliphatic rings. The van der Waals surface area contributed by atoms with Gasteiger partial charge in [-0.25, -0.2) is 0 Å². The van der Waals surface area contributed by atoms with Gasteiger partial charge in [0, 0.05) is 0 Å². The number of hydrogen-bond acceptors (Lipinski definition) is 3. The molecule has 0 spiro atoms. The lowest BCUT2D eigenvalue weighted by molar-refractivity contribution is 0.0736. The van der Waals surface area contributed by atoms with Crippen molar-refractivity contribution in [1.82, 2.24) is 0 Å². The van der Waals surface area contributed by atoms with Crippen LogP contribution in [0.25, 0.3) is 0 Å². The number of aliphatic hydroxyl groups excluding tert-OH is 1. The van der Waals surface area contributed by atoms with Crippen molar-refractivity contribution in [2.24, 2.45) is 0 Å². The molecule has 0 radical (unpaired) electrons. The minimum Gasteiger partial charge on any atom is -0.393 e. The fraction of sp³-hybridized carbons (Fsp3) is 0.455. The Balaban J connectivity index is 2.46. The van der Waals surface area contributed by atoms with Gasteiger partial charge in [-0.3, -0.25) is 4.55 Å². The summed E-state index contributed by atoms with van der Waals surface area (Å²) in [5.74, 6) is 0.0341. The van der Waals surface area contributed by atoms with E-state index in [2.05, 4.69) is 0 Å². The summed E-state index contributed by atoms with van der Waals surface area (Å²) < 4.78 is 31.5. The van der Waals surface area contributed by atoms with Crippen LogP contribution in [0.3, 0.4) is 0 Å². The number of benzene rings is 1. The van der Waals surface area contributed by atoms with E-state index in [1.807, 2.05) is 6.92 Å². The van der Waals surface area contributed by atoms with Crippen LogP contribution < -0.4 is 0 Å². The van der Waals surface area contributed by atoms with Crippen molar-refractivity contribution in [1.29, 1.82) is 0 Å². The van der Waals surface area contributed by atoms with E-state index < -0.39 is 10.1 Å². The van der Waals surface area contributed by atoms with Crippen molar-refractivity contribution in [2.45, 2.75) is 36.7 Å². The third-order valence-electron chi connectivity index (χ3n) is 3.00. The lowest BCUT2D eigenvalue weighted by Crippen LogP contribution is -2.27. The third kappa shape index (κ3) is 2.11. The molecule has 0 aromatic heterocycles. The van der Waals surface area contributed by atoms with E-state index in [1.165, 1.54) is 6.07 Å². The number of hydrogen-bond donors (Lipinski definition) is 2. The average molecular weight is 242 g/mol. The summed E-state index contributed by atoms with van der Waals surface area (Å²) in [6, 6.07) is 4.84. The fourth-order valence-corrected chi connectivity index (χ4v) is 2.83. The molecule has 1 fully saturated rings. The number of rotatable bonds is 2. The van der Waals surface area contributed by atoms with E-state index >= 15 is 0 Å². The SMILES string of the molecule is Cc1ccc(S(=O)(=O)O)c(C2CC(O)C2)c1. The summed E-state index contributed by atoms with van der Waals surface area (Å²) in [6.45, 7) is 1.87. The van der Waals surface area contributed by atoms with Gasteiger partial charge < -0.3 is 5.11 Å². The Hall–Kier alpha value is -0.910. The highest BCUT2D eigenvalue weighted by Gasteiger charge is 2.32. The predicted molar refractivity (Wildman–Crippen MR) is 59.0 cm³/mol. The number of aryl methyl sites for hydroxylation is 1. The second-order valence-electron chi connectivity index (χ2n) is 4.34. The van der Waals surface area contributed by atoms with Crippen LogP contribution in [0.2, 0.25) is 0 Å². The highest BCUT2D eigenvalue weighted by molar-refractivity contribution is 7.85. The summed E-state index contributed by atoms with van der Waals surface area (Å²) in [5, 5.41) is 9.23. The van der Waals surface area contributed by atoms with Crippen LogP contribution in [0.15, 0.2) is 23.1 Å². The molecule has 2 rings (SSSR count). The van der Waals surface area contributed by atoms with Gasteiger partial charge in [0.25, 0.3) is 10.1 Å². The average Bonchev–Trinajstić information content (AvgIpc) is 2.10. The predicted octanol–water partition coefficient (Wildman–Crippen LogP) is 1.48. The molecule has 88 valence electrons. The van der Waals surface area contributed by atoms with Crippen LogP contribution in [0.1, 0.15) is 29.9 Å². The van der Waals surface area contributed by atoms with Crippen LogP contribution in [0, 0.1) is 6.92 Å². The first-order valence-electron chi connectivity index (χ1n) is 5.14. The van der Waals surface area contributed by atoms with Gasteiger partial charge in [-0.05, 0) is 37.3 Å². The van der Waals surface area contributed by atoms with E-state index in [1.54, 1.807) is 12.1 Å². The van der Waals surface area contributed by atoms with Crippen LogP contribution in [-0.4, -0.2) is 24.2 Å². The van der Waals surface area contributed by atoms with E-state index in [0.717, 1.165) is 5.56 Å². The second kappa shape index (κ2) is 3.84. The van der Waals surface area contributed by atoms with Crippen molar-refractivity contribution in [2.75, 3.05) is 0 Å². The Morgan fingerprint density at radius 2 is 1.94 bits per heavy atom. The van der Waals surface area contributed by atoms with Crippen LogP contribution in [-0.2, 0) is 10.1 Å². The molecular weight excluding hydrogens is 228 g/mol. The zero-order valence-corrected chi connectivity index (χ0v) is 9.74. The summed E-state index contributed by atoms with van der Waals surface area (Å²) >= 11 is 0. The maximum atomic E-state index is 11.2. The fourth-order valence-electron chi connectivity index (χ4n) is 2.06. The molecule has 4 nitrogen and oxygen atoms in total. The van der Waals surface area contributed by atoms with Crippen molar-refractivity contribution >= 4 is 10.1 Å². The van der Waals surface area contributed by atoms with Gasteiger partial charge in [0.1, 0.15) is 0 Å². The van der Waals surface area contributed by atoms with Gasteiger partial charge in [0.15, 0.2) is 0 Å². The Kier molecular flexibility index (Phi) is 2.77. The molecule has 0 unspecified atom stereocenters. The molecule has 1 aromatic carbocycles. The summed E-state index contributed by atoms with van der Waals surface area (Å²) in [5.41, 5.74) is 1.57. The van der Waals surface area contributed by atoms with Crippen LogP contribution >= 0.6 is 0 Å². The smallest absolute Gasteiger partial charge is 0.294 e. The second-order valence-corrected chi connectivity index (χ2v) is 5.73. The molecule has 0 bridgehead atoms. The Morgan fingerprint density at radius 1 is 1.31 bits per heavy atom. The summed E-state index contributed by atoms with van der Waals surface area (Å²) in [4.78, 5) is -0.0324. The summed E-state index contributed by atoms with van der Waals surface area (Å²) in [6.07, 6.45) is 0.776. The lowest BCUT2D eigenvalue weighted by Gasteiger charge is -2.32. The molecule has 5 heteroatoms. The minimum absolute atomic E-state index is 0.0324. The first-order valence-corrected chi connectivity index (χ1v) is 6.58. The molecule has 0 heterocycles. The van der Waals surface area contributed by atoms with Gasteiger partial charge >= 0.3 is 0 Å². The molecule has 1 saturated carbocycles. The van der Waals surface area contributed by atoms with Crippen molar-refractivity contribution in [3.05, 3.63) is 29.3 Å². The van der Waals surface area contributed by atoms with Crippen molar-refractivity contribution in [3.63, 3.8) is 0 Å². The first-order chi connectivity index (χ1) is 7.38. The van der Waals surface area contributed by atoms with Gasteiger partial charge in [0.2, 0.25) is 0 Å². The van der Waals surface area contributed by atoms with E-state index in [9.17, 15) is 13.5 Å². The van der Waals surface area contributed by atoms with Gasteiger partial charge in [-0.2, -0.15) is 8.42 Å². The normalized spacial score (nSPS) is 25.2. The zero-order valence-electron chi connectivity index (χ0n) is 8.92. The summed E-state index contributed by atoms with van der Waals surface area (Å²) in [7, 11) is -4.17. The molecule has 1 aromatic rings. The molecule has 0 aliphatic heterocycles. The molecule has 0 saturated heterocycles. The Labute approximate surface area is 94.7 Å². The molecule has 1 aliphatic carbocycles. The molecule has 0 amide bonds. The third-order valence-corrected chi connectivity index (χ3v) is 3.92. The van der Waals surface area contributed by atoms with Crippen LogP contribution in [0.5, 0.6) is 0 Å². The molecular formula is C11H14O4S. The Morgan fingerprint density at radius 3 is 2.44 bits per heavy atom. The minimum atomic E-state index is -4.17. The highest BCUT2D eigenvalue weighted by atomic mass is 32.2. The number of aliphatic hydroxyl groups is 1. The van der Waals surface area contributed by atoms with Gasteiger partial charge in [0.05, 0.1) is 11.0 Å². The standard InChI is InChI=1S/C11H14O4S/c1-7-2-3-11(16(13,14)15)10(4-7)8-5-9(12)6-8/h2-4,8-9,12H,5-6H2,1H3,(H,13,14,15). The zero-order chi connectivity index (χ0) is 11.9. The maximum absolute atomic E-state index is 11.2. The highest BCUT2D eigenvalue weighted by Crippen LogP contribution is 2.39. The quantitative estimate of drug-likeness (QED) is 0.770. The monoisotopic (exact) mass is 242 g/mol. The van der Waals surface area contributed by atoms with Gasteiger partial charge in [-0.1, -0.05) is 17.7 Å². The van der Waals surface area contributed by atoms with E-state index in [0.29, 0.717) is 18.4 Å².